The van der Waals surface area contributed by atoms with E-state index in [1.165, 1.54) is 5.56 Å². The van der Waals surface area contributed by atoms with Gasteiger partial charge in [0.05, 0.1) is 5.56 Å². The van der Waals surface area contributed by atoms with E-state index in [0.717, 1.165) is 12.1 Å². The molecule has 0 saturated carbocycles. The molecule has 0 fully saturated rings. The van der Waals surface area contributed by atoms with Gasteiger partial charge in [-0.05, 0) is 36.9 Å². The van der Waals surface area contributed by atoms with Crippen LogP contribution >= 0.6 is 0 Å². The third-order valence-corrected chi connectivity index (χ3v) is 3.27. The zero-order valence-corrected chi connectivity index (χ0v) is 11.6. The number of primary amides is 1. The van der Waals surface area contributed by atoms with E-state index in [1.54, 1.807) is 18.2 Å². The lowest BCUT2D eigenvalue weighted by molar-refractivity contribution is 0.100. The number of carbonyl (C=O) groups is 1. The first-order valence-electron chi connectivity index (χ1n) is 6.62. The Morgan fingerprint density at radius 3 is 2.67 bits per heavy atom. The Balaban J connectivity index is 2.04. The minimum atomic E-state index is -0.509. The van der Waals surface area contributed by atoms with E-state index >= 15 is 0 Å². The number of rotatable bonds is 4. The van der Waals surface area contributed by atoms with E-state index in [9.17, 15) is 4.79 Å². The van der Waals surface area contributed by atoms with Crippen LogP contribution < -0.4 is 11.1 Å². The molecule has 21 heavy (non-hydrogen) atoms. The number of nitrogens with one attached hydrogen (secondary N) is 1. The Morgan fingerprint density at radius 2 is 2.00 bits per heavy atom. The van der Waals surface area contributed by atoms with Crippen LogP contribution in [0.2, 0.25) is 0 Å². The summed E-state index contributed by atoms with van der Waals surface area (Å²) in [7, 11) is 1.90. The third-order valence-electron chi connectivity index (χ3n) is 3.27. The summed E-state index contributed by atoms with van der Waals surface area (Å²) in [5, 5.41) is 3.09. The minimum Gasteiger partial charge on any atom is -0.436 e. The number of carbonyl (C=O) groups excluding carboxylic acids is 1. The maximum atomic E-state index is 11.4. The normalized spacial score (nSPS) is 10.9. The number of hydrogen-bond donors (Lipinski definition) is 2. The molecular weight excluding hydrogens is 266 g/mol. The number of oxazole rings is 1. The first kappa shape index (κ1) is 13.3. The van der Waals surface area contributed by atoms with Crippen molar-refractivity contribution in [2.75, 3.05) is 7.05 Å². The van der Waals surface area contributed by atoms with E-state index in [1.807, 2.05) is 31.3 Å². The van der Waals surface area contributed by atoms with Crippen molar-refractivity contribution in [3.05, 3.63) is 53.6 Å². The van der Waals surface area contributed by atoms with Crippen molar-refractivity contribution in [2.24, 2.45) is 5.73 Å². The fourth-order valence-electron chi connectivity index (χ4n) is 2.24. The molecule has 3 aromatic rings. The summed E-state index contributed by atoms with van der Waals surface area (Å²) in [6.45, 7) is 0.805. The monoisotopic (exact) mass is 281 g/mol. The number of aromatic nitrogens is 1. The van der Waals surface area contributed by atoms with Crippen LogP contribution in [0.15, 0.2) is 46.9 Å². The van der Waals surface area contributed by atoms with Gasteiger partial charge in [0.25, 0.3) is 5.91 Å². The summed E-state index contributed by atoms with van der Waals surface area (Å²) in [6.07, 6.45) is 0. The van der Waals surface area contributed by atoms with Crippen molar-refractivity contribution in [3.8, 4) is 11.5 Å². The second-order valence-electron chi connectivity index (χ2n) is 4.76. The fraction of sp³-hybridized carbons (Fsp3) is 0.125. The van der Waals surface area contributed by atoms with Crippen molar-refractivity contribution in [1.82, 2.24) is 10.3 Å². The average Bonchev–Trinajstić information content (AvgIpc) is 2.92. The second kappa shape index (κ2) is 5.38. The molecule has 3 rings (SSSR count). The van der Waals surface area contributed by atoms with Gasteiger partial charge in [-0.1, -0.05) is 18.2 Å². The van der Waals surface area contributed by atoms with E-state index in [4.69, 9.17) is 10.2 Å². The van der Waals surface area contributed by atoms with Crippen LogP contribution in [0.1, 0.15) is 15.9 Å². The van der Waals surface area contributed by atoms with E-state index in [0.29, 0.717) is 22.6 Å². The Kier molecular flexibility index (Phi) is 3.41. The Hall–Kier alpha value is -2.66. The number of fused-ring (bicyclic) bond motifs is 1. The minimum absolute atomic E-state index is 0.370. The fourth-order valence-corrected chi connectivity index (χ4v) is 2.24. The molecule has 0 spiro atoms. The summed E-state index contributed by atoms with van der Waals surface area (Å²) < 4.78 is 5.71. The zero-order chi connectivity index (χ0) is 14.8. The lowest BCUT2D eigenvalue weighted by Crippen LogP contribution is -2.11. The molecule has 0 unspecified atom stereocenters. The molecule has 0 aliphatic heterocycles. The zero-order valence-electron chi connectivity index (χ0n) is 11.6. The molecule has 5 nitrogen and oxygen atoms in total. The first-order valence-corrected chi connectivity index (χ1v) is 6.62. The molecule has 1 amide bonds. The highest BCUT2D eigenvalue weighted by Gasteiger charge is 2.14. The quantitative estimate of drug-likeness (QED) is 0.769. The van der Waals surface area contributed by atoms with Crippen molar-refractivity contribution in [1.29, 1.82) is 0 Å². The SMILES string of the molecule is CNCc1ccc(-c2nc3c(C(N)=O)cccc3o2)cc1. The molecule has 1 heterocycles. The first-order chi connectivity index (χ1) is 10.2. The number of benzene rings is 2. The molecule has 1 aromatic heterocycles. The van der Waals surface area contributed by atoms with Gasteiger partial charge in [-0.15, -0.1) is 0 Å². The van der Waals surface area contributed by atoms with Crippen molar-refractivity contribution in [3.63, 3.8) is 0 Å². The molecular formula is C16H15N3O2. The largest absolute Gasteiger partial charge is 0.436 e. The lowest BCUT2D eigenvalue weighted by atomic mass is 10.1. The molecule has 5 heteroatoms. The highest BCUT2D eigenvalue weighted by molar-refractivity contribution is 6.03. The smallest absolute Gasteiger partial charge is 0.251 e. The molecule has 0 saturated heterocycles. The topological polar surface area (TPSA) is 81.1 Å². The maximum absolute atomic E-state index is 11.4. The standard InChI is InChI=1S/C16H15N3O2/c1-18-9-10-5-7-11(8-6-10)16-19-14-12(15(17)20)3-2-4-13(14)21-16/h2-8,18H,9H2,1H3,(H2,17,20). The van der Waals surface area contributed by atoms with Gasteiger partial charge in [0.15, 0.2) is 5.58 Å². The Bertz CT molecular complexity index is 791. The maximum Gasteiger partial charge on any atom is 0.251 e. The van der Waals surface area contributed by atoms with Crippen LogP contribution in [0.25, 0.3) is 22.6 Å². The summed E-state index contributed by atoms with van der Waals surface area (Å²) >= 11 is 0. The molecule has 0 aliphatic carbocycles. The second-order valence-corrected chi connectivity index (χ2v) is 4.76. The van der Waals surface area contributed by atoms with Gasteiger partial charge in [0.1, 0.15) is 5.52 Å². The third kappa shape index (κ3) is 2.51. The van der Waals surface area contributed by atoms with E-state index in [-0.39, 0.29) is 0 Å². The number of nitrogens with two attached hydrogens (primary N) is 1. The number of hydrogen-bond acceptors (Lipinski definition) is 4. The lowest BCUT2D eigenvalue weighted by Gasteiger charge is -2.00. The van der Waals surface area contributed by atoms with Crippen LogP contribution in [0.4, 0.5) is 0 Å². The molecule has 106 valence electrons. The van der Waals surface area contributed by atoms with Crippen LogP contribution in [0.5, 0.6) is 0 Å². The van der Waals surface area contributed by atoms with Crippen LogP contribution in [0, 0.1) is 0 Å². The molecule has 2 aromatic carbocycles. The molecule has 0 bridgehead atoms. The Labute approximate surface area is 121 Å². The average molecular weight is 281 g/mol. The molecule has 0 atom stereocenters. The Morgan fingerprint density at radius 1 is 1.24 bits per heavy atom. The van der Waals surface area contributed by atoms with E-state index < -0.39 is 5.91 Å². The number of amides is 1. The van der Waals surface area contributed by atoms with Gasteiger partial charge < -0.3 is 15.5 Å². The van der Waals surface area contributed by atoms with Crippen LogP contribution in [0.3, 0.4) is 0 Å². The van der Waals surface area contributed by atoms with Crippen LogP contribution in [-0.2, 0) is 6.54 Å². The predicted octanol–water partition coefficient (Wildman–Crippen LogP) is 2.31. The number of nitrogens with zero attached hydrogens (tertiary/aromatic N) is 1. The van der Waals surface area contributed by atoms with Crippen molar-refractivity contribution < 1.29 is 9.21 Å². The molecule has 3 N–H and O–H groups in total. The van der Waals surface area contributed by atoms with Crippen molar-refractivity contribution in [2.45, 2.75) is 6.54 Å². The van der Waals surface area contributed by atoms with Gasteiger partial charge in [-0.25, -0.2) is 4.98 Å². The summed E-state index contributed by atoms with van der Waals surface area (Å²) in [5.41, 5.74) is 8.82. The van der Waals surface area contributed by atoms with Gasteiger partial charge in [0, 0.05) is 12.1 Å². The van der Waals surface area contributed by atoms with Gasteiger partial charge in [0.2, 0.25) is 5.89 Å². The molecule has 0 aliphatic rings. The highest BCUT2D eigenvalue weighted by atomic mass is 16.3. The van der Waals surface area contributed by atoms with Crippen LogP contribution in [-0.4, -0.2) is 17.9 Å². The van der Waals surface area contributed by atoms with Gasteiger partial charge in [-0.2, -0.15) is 0 Å². The summed E-state index contributed by atoms with van der Waals surface area (Å²) in [4.78, 5) is 15.8. The highest BCUT2D eigenvalue weighted by Crippen LogP contribution is 2.26. The van der Waals surface area contributed by atoms with Crippen molar-refractivity contribution >= 4 is 17.0 Å². The predicted molar refractivity (Wildman–Crippen MR) is 80.7 cm³/mol. The van der Waals surface area contributed by atoms with Gasteiger partial charge >= 0.3 is 0 Å². The summed E-state index contributed by atoms with van der Waals surface area (Å²) in [5.74, 6) is -0.0282. The van der Waals surface area contributed by atoms with Gasteiger partial charge in [-0.3, -0.25) is 4.79 Å². The number of para-hydroxylation sites is 1. The molecule has 0 radical (unpaired) electrons. The van der Waals surface area contributed by atoms with E-state index in [2.05, 4.69) is 10.3 Å². The summed E-state index contributed by atoms with van der Waals surface area (Å²) in [6, 6.07) is 13.1.